The summed E-state index contributed by atoms with van der Waals surface area (Å²) >= 11 is 5.90. The Kier molecular flexibility index (Phi) is 5.17. The van der Waals surface area contributed by atoms with Gasteiger partial charge in [0.25, 0.3) is 0 Å². The van der Waals surface area contributed by atoms with Crippen LogP contribution in [0, 0.1) is 0 Å². The highest BCUT2D eigenvalue weighted by Gasteiger charge is 2.13. The maximum Gasteiger partial charge on any atom is 0.119 e. The molecule has 2 rings (SSSR count). The number of rotatable bonds is 5. The standard InChI is InChI=1S/C15H16ClNO2S/c1-19-13-6-2-4-11(8-13)15(17)10-20(18)14-7-3-5-12(16)9-14/h2-9,15H,10,17H2,1H3. The first-order chi connectivity index (χ1) is 9.60. The fourth-order valence-electron chi connectivity index (χ4n) is 1.84. The Morgan fingerprint density at radius 2 is 2.00 bits per heavy atom. The van der Waals surface area contributed by atoms with Gasteiger partial charge in [0.2, 0.25) is 0 Å². The third-order valence-electron chi connectivity index (χ3n) is 2.91. The lowest BCUT2D eigenvalue weighted by Crippen LogP contribution is -2.18. The molecule has 0 aliphatic carbocycles. The van der Waals surface area contributed by atoms with Gasteiger partial charge < -0.3 is 10.5 Å². The predicted octanol–water partition coefficient (Wildman–Crippen LogP) is 3.16. The van der Waals surface area contributed by atoms with Gasteiger partial charge in [-0.3, -0.25) is 4.21 Å². The van der Waals surface area contributed by atoms with E-state index in [0.29, 0.717) is 15.7 Å². The van der Waals surface area contributed by atoms with Crippen LogP contribution in [-0.2, 0) is 10.8 Å². The summed E-state index contributed by atoms with van der Waals surface area (Å²) < 4.78 is 17.4. The molecule has 106 valence electrons. The molecule has 5 heteroatoms. The zero-order valence-corrected chi connectivity index (χ0v) is 12.7. The number of nitrogens with two attached hydrogens (primary N) is 1. The maximum atomic E-state index is 12.3. The average molecular weight is 310 g/mol. The van der Waals surface area contributed by atoms with Gasteiger partial charge >= 0.3 is 0 Å². The van der Waals surface area contributed by atoms with Crippen LogP contribution in [-0.4, -0.2) is 17.1 Å². The molecule has 2 aromatic rings. The summed E-state index contributed by atoms with van der Waals surface area (Å²) in [5, 5.41) is 0.575. The summed E-state index contributed by atoms with van der Waals surface area (Å²) in [6.07, 6.45) is 0. The van der Waals surface area contributed by atoms with E-state index in [4.69, 9.17) is 22.1 Å². The lowest BCUT2D eigenvalue weighted by atomic mass is 10.1. The fourth-order valence-corrected chi connectivity index (χ4v) is 3.29. The van der Waals surface area contributed by atoms with Crippen molar-refractivity contribution < 1.29 is 8.95 Å². The summed E-state index contributed by atoms with van der Waals surface area (Å²) in [7, 11) is 0.423. The smallest absolute Gasteiger partial charge is 0.119 e. The molecule has 2 N–H and O–H groups in total. The number of hydrogen-bond acceptors (Lipinski definition) is 3. The molecule has 2 atom stereocenters. The van der Waals surface area contributed by atoms with Crippen molar-refractivity contribution in [2.45, 2.75) is 10.9 Å². The molecule has 0 saturated carbocycles. The molecule has 0 saturated heterocycles. The summed E-state index contributed by atoms with van der Waals surface area (Å²) in [5.41, 5.74) is 7.02. The van der Waals surface area contributed by atoms with Gasteiger partial charge in [-0.15, -0.1) is 0 Å². The van der Waals surface area contributed by atoms with Crippen LogP contribution in [0.3, 0.4) is 0 Å². The quantitative estimate of drug-likeness (QED) is 0.923. The van der Waals surface area contributed by atoms with Crippen molar-refractivity contribution in [3.8, 4) is 5.75 Å². The molecule has 0 radical (unpaired) electrons. The second-order valence-corrected chi connectivity index (χ2v) is 6.28. The zero-order chi connectivity index (χ0) is 14.5. The zero-order valence-electron chi connectivity index (χ0n) is 11.1. The molecule has 0 aliphatic heterocycles. The van der Waals surface area contributed by atoms with Crippen LogP contribution in [0.5, 0.6) is 5.75 Å². The average Bonchev–Trinajstić information content (AvgIpc) is 2.47. The Morgan fingerprint density at radius 3 is 2.70 bits per heavy atom. The van der Waals surface area contributed by atoms with Crippen LogP contribution in [0.15, 0.2) is 53.4 Å². The molecule has 2 aromatic carbocycles. The lowest BCUT2D eigenvalue weighted by Gasteiger charge is -2.13. The largest absolute Gasteiger partial charge is 0.497 e. The van der Waals surface area contributed by atoms with E-state index >= 15 is 0 Å². The molecular weight excluding hydrogens is 294 g/mol. The molecule has 0 heterocycles. The molecule has 2 unspecified atom stereocenters. The lowest BCUT2D eigenvalue weighted by molar-refractivity contribution is 0.414. The van der Waals surface area contributed by atoms with Crippen LogP contribution in [0.2, 0.25) is 5.02 Å². The van der Waals surface area contributed by atoms with Gasteiger partial charge in [-0.2, -0.15) is 0 Å². The minimum atomic E-state index is -1.18. The second kappa shape index (κ2) is 6.88. The van der Waals surface area contributed by atoms with Gasteiger partial charge in [-0.05, 0) is 35.9 Å². The second-order valence-electron chi connectivity index (χ2n) is 4.35. The minimum absolute atomic E-state index is 0.315. The highest BCUT2D eigenvalue weighted by Crippen LogP contribution is 2.21. The molecule has 3 nitrogen and oxygen atoms in total. The van der Waals surface area contributed by atoms with E-state index in [-0.39, 0.29) is 6.04 Å². The summed E-state index contributed by atoms with van der Waals surface area (Å²) in [5.74, 6) is 1.08. The van der Waals surface area contributed by atoms with E-state index in [1.54, 1.807) is 31.4 Å². The van der Waals surface area contributed by atoms with E-state index in [1.165, 1.54) is 0 Å². The van der Waals surface area contributed by atoms with Crippen molar-refractivity contribution in [3.05, 3.63) is 59.1 Å². The van der Waals surface area contributed by atoms with Crippen LogP contribution in [0.25, 0.3) is 0 Å². The molecular formula is C15H16ClNO2S. The van der Waals surface area contributed by atoms with Crippen LogP contribution in [0.1, 0.15) is 11.6 Å². The number of hydrogen-bond donors (Lipinski definition) is 1. The third-order valence-corrected chi connectivity index (χ3v) is 4.59. The molecule has 0 bridgehead atoms. The Labute approximate surface area is 126 Å². The SMILES string of the molecule is COc1cccc(C(N)CS(=O)c2cccc(Cl)c2)c1. The first-order valence-corrected chi connectivity index (χ1v) is 7.83. The fraction of sp³-hybridized carbons (Fsp3) is 0.200. The molecule has 0 aromatic heterocycles. The molecule has 0 aliphatic rings. The Bertz CT molecular complexity index is 618. The van der Waals surface area contributed by atoms with E-state index in [0.717, 1.165) is 11.3 Å². The van der Waals surface area contributed by atoms with Crippen molar-refractivity contribution >= 4 is 22.4 Å². The van der Waals surface area contributed by atoms with Crippen molar-refractivity contribution in [1.29, 1.82) is 0 Å². The van der Waals surface area contributed by atoms with E-state index in [9.17, 15) is 4.21 Å². The molecule has 0 fully saturated rings. The summed E-state index contributed by atoms with van der Waals surface area (Å²) in [6.45, 7) is 0. The normalized spacial score (nSPS) is 13.8. The Morgan fingerprint density at radius 1 is 1.25 bits per heavy atom. The summed E-state index contributed by atoms with van der Waals surface area (Å²) in [4.78, 5) is 0.691. The minimum Gasteiger partial charge on any atom is -0.497 e. The number of benzene rings is 2. The predicted molar refractivity (Wildman–Crippen MR) is 82.6 cm³/mol. The van der Waals surface area contributed by atoms with Gasteiger partial charge in [0.15, 0.2) is 0 Å². The monoisotopic (exact) mass is 309 g/mol. The topological polar surface area (TPSA) is 52.3 Å². The first kappa shape index (κ1) is 15.0. The van der Waals surface area contributed by atoms with Gasteiger partial charge in [0.05, 0.1) is 17.9 Å². The van der Waals surface area contributed by atoms with Gasteiger partial charge in [-0.1, -0.05) is 29.8 Å². The van der Waals surface area contributed by atoms with Gasteiger partial charge in [0, 0.05) is 21.7 Å². The van der Waals surface area contributed by atoms with Gasteiger partial charge in [-0.25, -0.2) is 0 Å². The first-order valence-electron chi connectivity index (χ1n) is 6.13. The van der Waals surface area contributed by atoms with Crippen LogP contribution < -0.4 is 10.5 Å². The van der Waals surface area contributed by atoms with Crippen molar-refractivity contribution in [3.63, 3.8) is 0 Å². The highest BCUT2D eigenvalue weighted by molar-refractivity contribution is 7.85. The number of halogens is 1. The Hall–Kier alpha value is -1.36. The van der Waals surface area contributed by atoms with Gasteiger partial charge in [0.1, 0.15) is 5.75 Å². The maximum absolute atomic E-state index is 12.3. The van der Waals surface area contributed by atoms with Crippen molar-refractivity contribution in [1.82, 2.24) is 0 Å². The number of methoxy groups -OCH3 is 1. The molecule has 0 spiro atoms. The Balaban J connectivity index is 2.10. The van der Waals surface area contributed by atoms with Crippen LogP contribution in [0.4, 0.5) is 0 Å². The van der Waals surface area contributed by atoms with E-state index in [1.807, 2.05) is 24.3 Å². The molecule has 20 heavy (non-hydrogen) atoms. The van der Waals surface area contributed by atoms with E-state index < -0.39 is 10.8 Å². The van der Waals surface area contributed by atoms with Crippen LogP contribution >= 0.6 is 11.6 Å². The number of ether oxygens (including phenoxy) is 1. The summed E-state index contributed by atoms with van der Waals surface area (Å²) in [6, 6.07) is 14.2. The van der Waals surface area contributed by atoms with Crippen molar-refractivity contribution in [2.75, 3.05) is 12.9 Å². The highest BCUT2D eigenvalue weighted by atomic mass is 35.5. The van der Waals surface area contributed by atoms with E-state index in [2.05, 4.69) is 0 Å². The third kappa shape index (κ3) is 3.82. The molecule has 0 amide bonds. The van der Waals surface area contributed by atoms with Crippen molar-refractivity contribution in [2.24, 2.45) is 5.73 Å².